The van der Waals surface area contributed by atoms with Crippen LogP contribution in [0, 0.1) is 13.8 Å². The molecule has 17 heavy (non-hydrogen) atoms. The van der Waals surface area contributed by atoms with E-state index < -0.39 is 0 Å². The van der Waals surface area contributed by atoms with Crippen LogP contribution in [-0.2, 0) is 13.1 Å². The van der Waals surface area contributed by atoms with Crippen molar-refractivity contribution < 1.29 is 0 Å². The number of hydrogen-bond donors (Lipinski definition) is 1. The van der Waals surface area contributed by atoms with Crippen LogP contribution in [0.15, 0.2) is 18.5 Å². The molecule has 0 bridgehead atoms. The number of nitrogens with one attached hydrogen (secondary N) is 1. The third kappa shape index (κ3) is 3.31. The summed E-state index contributed by atoms with van der Waals surface area (Å²) in [4.78, 5) is 5.55. The van der Waals surface area contributed by atoms with Crippen LogP contribution >= 0.6 is 22.9 Å². The third-order valence-electron chi connectivity index (χ3n) is 2.80. The first-order valence-corrected chi connectivity index (χ1v) is 6.79. The van der Waals surface area contributed by atoms with Crippen LogP contribution in [0.4, 0.5) is 0 Å². The number of hydrogen-bond acceptors (Lipinski definition) is 3. The molecule has 2 rings (SSSR count). The highest BCUT2D eigenvalue weighted by molar-refractivity contribution is 7.16. The van der Waals surface area contributed by atoms with E-state index in [0.29, 0.717) is 0 Å². The summed E-state index contributed by atoms with van der Waals surface area (Å²) in [6, 6.07) is 4.00. The fourth-order valence-electron chi connectivity index (χ4n) is 1.63. The highest BCUT2D eigenvalue weighted by Crippen LogP contribution is 2.20. The molecule has 0 amide bonds. The molecule has 0 spiro atoms. The molecule has 2 aromatic heterocycles. The molecule has 0 aliphatic heterocycles. The van der Waals surface area contributed by atoms with Crippen molar-refractivity contribution in [2.24, 2.45) is 0 Å². The fourth-order valence-corrected chi connectivity index (χ4v) is 2.68. The topological polar surface area (TPSA) is 29.9 Å². The molecule has 2 aromatic rings. The van der Waals surface area contributed by atoms with E-state index in [9.17, 15) is 0 Å². The first-order chi connectivity index (χ1) is 8.16. The van der Waals surface area contributed by atoms with Gasteiger partial charge in [0, 0.05) is 30.2 Å². The van der Waals surface area contributed by atoms with Gasteiger partial charge in [-0.25, -0.2) is 4.98 Å². The van der Waals surface area contributed by atoms with E-state index in [2.05, 4.69) is 27.9 Å². The lowest BCUT2D eigenvalue weighted by Crippen LogP contribution is -2.19. The SMILES string of the molecule is Cc1ncn(CCNCc2ccc(Cl)s2)c1C. The molecule has 0 aliphatic carbocycles. The van der Waals surface area contributed by atoms with Gasteiger partial charge in [-0.05, 0) is 26.0 Å². The maximum absolute atomic E-state index is 5.87. The summed E-state index contributed by atoms with van der Waals surface area (Å²) in [6.07, 6.45) is 1.90. The Kier molecular flexibility index (Phi) is 4.20. The Hall–Kier alpha value is -0.840. The summed E-state index contributed by atoms with van der Waals surface area (Å²) in [5.41, 5.74) is 2.35. The van der Waals surface area contributed by atoms with E-state index in [1.54, 1.807) is 11.3 Å². The summed E-state index contributed by atoms with van der Waals surface area (Å²) in [7, 11) is 0. The van der Waals surface area contributed by atoms with Gasteiger partial charge in [0.1, 0.15) is 0 Å². The van der Waals surface area contributed by atoms with Gasteiger partial charge in [-0.1, -0.05) is 11.6 Å². The van der Waals surface area contributed by atoms with Gasteiger partial charge in [0.2, 0.25) is 0 Å². The van der Waals surface area contributed by atoms with Crippen molar-refractivity contribution in [2.45, 2.75) is 26.9 Å². The summed E-state index contributed by atoms with van der Waals surface area (Å²) in [5, 5.41) is 3.40. The number of aromatic nitrogens is 2. The van der Waals surface area contributed by atoms with Gasteiger partial charge < -0.3 is 9.88 Å². The molecule has 0 radical (unpaired) electrons. The second-order valence-corrected chi connectivity index (χ2v) is 5.79. The molecule has 92 valence electrons. The van der Waals surface area contributed by atoms with Gasteiger partial charge in [0.05, 0.1) is 16.4 Å². The Morgan fingerprint density at radius 2 is 2.24 bits per heavy atom. The zero-order valence-electron chi connectivity index (χ0n) is 10.0. The Labute approximate surface area is 110 Å². The van der Waals surface area contributed by atoms with E-state index in [4.69, 9.17) is 11.6 Å². The zero-order chi connectivity index (χ0) is 12.3. The molecule has 0 saturated heterocycles. The molecule has 0 aliphatic rings. The van der Waals surface area contributed by atoms with Crippen LogP contribution in [0.25, 0.3) is 0 Å². The van der Waals surface area contributed by atoms with Crippen molar-refractivity contribution in [1.29, 1.82) is 0 Å². The van der Waals surface area contributed by atoms with Gasteiger partial charge >= 0.3 is 0 Å². The van der Waals surface area contributed by atoms with Crippen molar-refractivity contribution in [3.8, 4) is 0 Å². The summed E-state index contributed by atoms with van der Waals surface area (Å²) in [5.74, 6) is 0. The monoisotopic (exact) mass is 269 g/mol. The van der Waals surface area contributed by atoms with Crippen molar-refractivity contribution in [1.82, 2.24) is 14.9 Å². The van der Waals surface area contributed by atoms with Crippen LogP contribution in [-0.4, -0.2) is 16.1 Å². The van der Waals surface area contributed by atoms with Crippen LogP contribution in [0.2, 0.25) is 4.34 Å². The molecular weight excluding hydrogens is 254 g/mol. The number of thiophene rings is 1. The number of aryl methyl sites for hydroxylation is 1. The third-order valence-corrected chi connectivity index (χ3v) is 4.03. The van der Waals surface area contributed by atoms with E-state index in [-0.39, 0.29) is 0 Å². The smallest absolute Gasteiger partial charge is 0.0951 e. The lowest BCUT2D eigenvalue weighted by atomic mass is 10.4. The number of halogens is 1. The zero-order valence-corrected chi connectivity index (χ0v) is 11.6. The van der Waals surface area contributed by atoms with Crippen LogP contribution in [0.5, 0.6) is 0 Å². The Balaban J connectivity index is 1.75. The average Bonchev–Trinajstić information content (AvgIpc) is 2.84. The Morgan fingerprint density at radius 1 is 1.41 bits per heavy atom. The van der Waals surface area contributed by atoms with E-state index >= 15 is 0 Å². The predicted molar refractivity (Wildman–Crippen MR) is 72.7 cm³/mol. The predicted octanol–water partition coefficient (Wildman–Crippen LogP) is 3.00. The van der Waals surface area contributed by atoms with E-state index in [1.807, 2.05) is 19.3 Å². The fraction of sp³-hybridized carbons (Fsp3) is 0.417. The second-order valence-electron chi connectivity index (χ2n) is 3.99. The van der Waals surface area contributed by atoms with Gasteiger partial charge in [0.25, 0.3) is 0 Å². The van der Waals surface area contributed by atoms with Gasteiger partial charge in [-0.15, -0.1) is 11.3 Å². The molecule has 0 atom stereocenters. The lowest BCUT2D eigenvalue weighted by molar-refractivity contribution is 0.592. The van der Waals surface area contributed by atoms with Crippen molar-refractivity contribution in [2.75, 3.05) is 6.54 Å². The molecule has 0 saturated carbocycles. The second kappa shape index (κ2) is 5.67. The van der Waals surface area contributed by atoms with Crippen molar-refractivity contribution in [3.63, 3.8) is 0 Å². The minimum Gasteiger partial charge on any atom is -0.333 e. The van der Waals surface area contributed by atoms with Crippen LogP contribution in [0.3, 0.4) is 0 Å². The minimum atomic E-state index is 0.850. The maximum atomic E-state index is 5.87. The highest BCUT2D eigenvalue weighted by Gasteiger charge is 2.01. The van der Waals surface area contributed by atoms with E-state index in [1.165, 1.54) is 10.6 Å². The molecule has 1 N–H and O–H groups in total. The quantitative estimate of drug-likeness (QED) is 0.846. The van der Waals surface area contributed by atoms with Gasteiger partial charge in [-0.3, -0.25) is 0 Å². The normalized spacial score (nSPS) is 11.0. The Bertz CT molecular complexity index is 490. The van der Waals surface area contributed by atoms with E-state index in [0.717, 1.165) is 29.7 Å². The van der Waals surface area contributed by atoms with Crippen molar-refractivity contribution >= 4 is 22.9 Å². The molecule has 0 unspecified atom stereocenters. The summed E-state index contributed by atoms with van der Waals surface area (Å²) >= 11 is 7.50. The number of imidazole rings is 1. The maximum Gasteiger partial charge on any atom is 0.0951 e. The molecule has 2 heterocycles. The standard InChI is InChI=1S/C12H16ClN3S/c1-9-10(2)16(8-15-9)6-5-14-7-11-3-4-12(13)17-11/h3-4,8,14H,5-7H2,1-2H3. The van der Waals surface area contributed by atoms with Gasteiger partial charge in [0.15, 0.2) is 0 Å². The first-order valence-electron chi connectivity index (χ1n) is 5.60. The minimum absolute atomic E-state index is 0.850. The largest absolute Gasteiger partial charge is 0.333 e. The van der Waals surface area contributed by atoms with Gasteiger partial charge in [-0.2, -0.15) is 0 Å². The van der Waals surface area contributed by atoms with Crippen LogP contribution < -0.4 is 5.32 Å². The lowest BCUT2D eigenvalue weighted by Gasteiger charge is -2.06. The number of rotatable bonds is 5. The van der Waals surface area contributed by atoms with Crippen LogP contribution in [0.1, 0.15) is 16.3 Å². The molecule has 3 nitrogen and oxygen atoms in total. The number of nitrogens with zero attached hydrogens (tertiary/aromatic N) is 2. The molecule has 0 aromatic carbocycles. The molecular formula is C12H16ClN3S. The Morgan fingerprint density at radius 3 is 2.82 bits per heavy atom. The first kappa shape index (κ1) is 12.6. The summed E-state index contributed by atoms with van der Waals surface area (Å²) < 4.78 is 3.02. The molecule has 0 fully saturated rings. The highest BCUT2D eigenvalue weighted by atomic mass is 35.5. The summed E-state index contributed by atoms with van der Waals surface area (Å²) in [6.45, 7) is 6.90. The average molecular weight is 270 g/mol. The van der Waals surface area contributed by atoms with Crippen molar-refractivity contribution in [3.05, 3.63) is 39.1 Å². The molecule has 5 heteroatoms.